The Hall–Kier alpha value is -2.60. The molecule has 3 rings (SSSR count). The van der Waals surface area contributed by atoms with E-state index in [-0.39, 0.29) is 5.91 Å². The minimum absolute atomic E-state index is 0.0640. The first-order valence-electron chi connectivity index (χ1n) is 9.01. The monoisotopic (exact) mass is 384 g/mol. The summed E-state index contributed by atoms with van der Waals surface area (Å²) >= 11 is 1.74. The second-order valence-corrected chi connectivity index (χ2v) is 7.36. The van der Waals surface area contributed by atoms with E-state index in [1.165, 1.54) is 4.70 Å². The number of rotatable bonds is 9. The number of methoxy groups -OCH3 is 2. The maximum absolute atomic E-state index is 12.1. The van der Waals surface area contributed by atoms with Gasteiger partial charge < -0.3 is 14.8 Å². The van der Waals surface area contributed by atoms with Crippen LogP contribution in [0.15, 0.2) is 42.5 Å². The molecule has 0 saturated carbocycles. The second kappa shape index (κ2) is 9.37. The molecule has 0 aliphatic heterocycles. The fraction of sp³-hybridized carbons (Fsp3) is 0.333. The predicted molar refractivity (Wildman–Crippen MR) is 109 cm³/mol. The smallest absolute Gasteiger partial charge is 0.220 e. The number of ether oxygens (including phenoxy) is 2. The van der Waals surface area contributed by atoms with E-state index in [0.29, 0.717) is 24.5 Å². The van der Waals surface area contributed by atoms with Gasteiger partial charge in [-0.15, -0.1) is 11.3 Å². The van der Waals surface area contributed by atoms with Crippen LogP contribution in [-0.2, 0) is 17.8 Å². The zero-order valence-corrected chi connectivity index (χ0v) is 16.5. The lowest BCUT2D eigenvalue weighted by molar-refractivity contribution is -0.121. The Morgan fingerprint density at radius 3 is 2.67 bits per heavy atom. The molecule has 1 heterocycles. The maximum atomic E-state index is 12.1. The zero-order valence-electron chi connectivity index (χ0n) is 15.7. The molecule has 0 aliphatic rings. The Morgan fingerprint density at radius 2 is 1.89 bits per heavy atom. The van der Waals surface area contributed by atoms with Gasteiger partial charge in [0.05, 0.1) is 29.4 Å². The molecule has 0 aliphatic carbocycles. The van der Waals surface area contributed by atoms with Crippen molar-refractivity contribution >= 4 is 27.5 Å². The van der Waals surface area contributed by atoms with E-state index >= 15 is 0 Å². The first-order valence-corrected chi connectivity index (χ1v) is 9.83. The maximum Gasteiger partial charge on any atom is 0.220 e. The van der Waals surface area contributed by atoms with Crippen molar-refractivity contribution in [1.82, 2.24) is 10.3 Å². The highest BCUT2D eigenvalue weighted by atomic mass is 32.1. The van der Waals surface area contributed by atoms with Crippen LogP contribution in [0.2, 0.25) is 0 Å². The Bertz CT molecular complexity index is 874. The van der Waals surface area contributed by atoms with Crippen molar-refractivity contribution in [3.8, 4) is 11.5 Å². The summed E-state index contributed by atoms with van der Waals surface area (Å²) in [5.74, 6) is 1.41. The van der Waals surface area contributed by atoms with Crippen LogP contribution in [-0.4, -0.2) is 25.1 Å². The predicted octanol–water partition coefficient (Wildman–Crippen LogP) is 4.34. The number of para-hydroxylation sites is 1. The van der Waals surface area contributed by atoms with E-state index in [0.717, 1.165) is 35.4 Å². The standard InChI is InChI=1S/C21H24N2O3S/c1-25-17-12-11-15(13-18(17)26-2)14-22-20(24)9-5-6-10-21-23-16-7-3-4-8-19(16)27-21/h3-4,7-8,11-13H,5-6,9-10,14H2,1-2H3,(H,22,24). The number of aryl methyl sites for hydroxylation is 1. The number of nitrogens with zero attached hydrogens (tertiary/aromatic N) is 1. The minimum atomic E-state index is 0.0640. The Morgan fingerprint density at radius 1 is 1.07 bits per heavy atom. The van der Waals surface area contributed by atoms with Gasteiger partial charge in [0.15, 0.2) is 11.5 Å². The highest BCUT2D eigenvalue weighted by Crippen LogP contribution is 2.27. The van der Waals surface area contributed by atoms with E-state index < -0.39 is 0 Å². The van der Waals surface area contributed by atoms with Gasteiger partial charge in [-0.05, 0) is 49.1 Å². The van der Waals surface area contributed by atoms with Gasteiger partial charge in [-0.2, -0.15) is 0 Å². The molecule has 0 unspecified atom stereocenters. The van der Waals surface area contributed by atoms with Crippen molar-refractivity contribution in [3.05, 3.63) is 53.0 Å². The van der Waals surface area contributed by atoms with Crippen molar-refractivity contribution in [3.63, 3.8) is 0 Å². The number of hydrogen-bond acceptors (Lipinski definition) is 5. The lowest BCUT2D eigenvalue weighted by atomic mass is 10.1. The Kier molecular flexibility index (Phi) is 6.65. The molecule has 0 saturated heterocycles. The number of carbonyl (C=O) groups excluding carboxylic acids is 1. The molecule has 0 fully saturated rings. The zero-order chi connectivity index (χ0) is 19.1. The Labute approximate surface area is 163 Å². The van der Waals surface area contributed by atoms with Gasteiger partial charge in [-0.1, -0.05) is 18.2 Å². The number of nitrogens with one attached hydrogen (secondary N) is 1. The molecule has 1 amide bonds. The molecule has 1 N–H and O–H groups in total. The SMILES string of the molecule is COc1ccc(CNC(=O)CCCCc2nc3ccccc3s2)cc1OC. The average Bonchev–Trinajstić information content (AvgIpc) is 3.12. The summed E-state index contributed by atoms with van der Waals surface area (Å²) in [7, 11) is 3.21. The Balaban J connectivity index is 1.39. The lowest BCUT2D eigenvalue weighted by Crippen LogP contribution is -2.22. The summed E-state index contributed by atoms with van der Waals surface area (Å²) in [6, 6.07) is 13.8. The first kappa shape index (κ1) is 19.2. The molecule has 0 spiro atoms. The fourth-order valence-electron chi connectivity index (χ4n) is 2.87. The van der Waals surface area contributed by atoms with E-state index in [9.17, 15) is 4.79 Å². The van der Waals surface area contributed by atoms with Crippen LogP contribution in [0.25, 0.3) is 10.2 Å². The van der Waals surface area contributed by atoms with Crippen LogP contribution in [0, 0.1) is 0 Å². The number of thiazole rings is 1. The summed E-state index contributed by atoms with van der Waals surface area (Å²) < 4.78 is 11.7. The quantitative estimate of drug-likeness (QED) is 0.558. The van der Waals surface area contributed by atoms with Crippen molar-refractivity contribution in [1.29, 1.82) is 0 Å². The van der Waals surface area contributed by atoms with Crippen LogP contribution >= 0.6 is 11.3 Å². The molecule has 0 bridgehead atoms. The van der Waals surface area contributed by atoms with Gasteiger partial charge >= 0.3 is 0 Å². The molecule has 1 aromatic heterocycles. The van der Waals surface area contributed by atoms with Crippen molar-refractivity contribution in [2.45, 2.75) is 32.2 Å². The summed E-state index contributed by atoms with van der Waals surface area (Å²) in [4.78, 5) is 16.7. The average molecular weight is 385 g/mol. The van der Waals surface area contributed by atoms with Gasteiger partial charge in [0.1, 0.15) is 0 Å². The van der Waals surface area contributed by atoms with Gasteiger partial charge in [0, 0.05) is 13.0 Å². The van der Waals surface area contributed by atoms with Gasteiger partial charge in [0.25, 0.3) is 0 Å². The van der Waals surface area contributed by atoms with Gasteiger partial charge in [-0.25, -0.2) is 4.98 Å². The van der Waals surface area contributed by atoms with Gasteiger partial charge in [-0.3, -0.25) is 4.79 Å². The third-order valence-corrected chi connectivity index (χ3v) is 5.42. The lowest BCUT2D eigenvalue weighted by Gasteiger charge is -2.10. The van der Waals surface area contributed by atoms with E-state index in [2.05, 4.69) is 16.4 Å². The molecular formula is C21H24N2O3S. The van der Waals surface area contributed by atoms with E-state index in [4.69, 9.17) is 9.47 Å². The topological polar surface area (TPSA) is 60.5 Å². The second-order valence-electron chi connectivity index (χ2n) is 6.25. The number of aromatic nitrogens is 1. The summed E-state index contributed by atoms with van der Waals surface area (Å²) in [5.41, 5.74) is 2.04. The first-order chi connectivity index (χ1) is 13.2. The minimum Gasteiger partial charge on any atom is -0.493 e. The van der Waals surface area contributed by atoms with E-state index in [1.54, 1.807) is 25.6 Å². The number of benzene rings is 2. The van der Waals surface area contributed by atoms with Crippen molar-refractivity contribution in [2.75, 3.05) is 14.2 Å². The third-order valence-electron chi connectivity index (χ3n) is 4.32. The number of fused-ring (bicyclic) bond motifs is 1. The number of carbonyl (C=O) groups is 1. The van der Waals surface area contributed by atoms with Crippen LogP contribution < -0.4 is 14.8 Å². The van der Waals surface area contributed by atoms with Crippen molar-refractivity contribution in [2.24, 2.45) is 0 Å². The molecule has 3 aromatic rings. The highest BCUT2D eigenvalue weighted by molar-refractivity contribution is 7.18. The number of amides is 1. The van der Waals surface area contributed by atoms with Crippen LogP contribution in [0.3, 0.4) is 0 Å². The molecule has 0 atom stereocenters. The van der Waals surface area contributed by atoms with Gasteiger partial charge in [0.2, 0.25) is 5.91 Å². The summed E-state index contributed by atoms with van der Waals surface area (Å²) in [5, 5.41) is 4.10. The largest absolute Gasteiger partial charge is 0.493 e. The molecule has 0 radical (unpaired) electrons. The molecule has 5 nitrogen and oxygen atoms in total. The molecule has 142 valence electrons. The van der Waals surface area contributed by atoms with Crippen LogP contribution in [0.1, 0.15) is 29.8 Å². The fourth-order valence-corrected chi connectivity index (χ4v) is 3.88. The molecule has 27 heavy (non-hydrogen) atoms. The molecular weight excluding hydrogens is 360 g/mol. The normalized spacial score (nSPS) is 10.7. The number of hydrogen-bond donors (Lipinski definition) is 1. The number of unbranched alkanes of at least 4 members (excludes halogenated alkanes) is 1. The highest BCUT2D eigenvalue weighted by Gasteiger charge is 2.07. The summed E-state index contributed by atoms with van der Waals surface area (Å²) in [6.07, 6.45) is 3.26. The molecule has 6 heteroatoms. The van der Waals surface area contributed by atoms with Crippen LogP contribution in [0.5, 0.6) is 11.5 Å². The molecule has 2 aromatic carbocycles. The van der Waals surface area contributed by atoms with Crippen LogP contribution in [0.4, 0.5) is 0 Å². The third kappa shape index (κ3) is 5.20. The van der Waals surface area contributed by atoms with Crippen molar-refractivity contribution < 1.29 is 14.3 Å². The summed E-state index contributed by atoms with van der Waals surface area (Å²) in [6.45, 7) is 0.483. The van der Waals surface area contributed by atoms with E-state index in [1.807, 2.05) is 36.4 Å².